The molecule has 4 nitrogen and oxygen atoms in total. The maximum absolute atomic E-state index is 11.5. The van der Waals surface area contributed by atoms with E-state index in [1.165, 1.54) is 6.07 Å². The lowest BCUT2D eigenvalue weighted by molar-refractivity contribution is 0.0944. The van der Waals surface area contributed by atoms with E-state index in [-0.39, 0.29) is 17.4 Å². The molecule has 1 heterocycles. The van der Waals surface area contributed by atoms with E-state index >= 15 is 0 Å². The highest BCUT2D eigenvalue weighted by atomic mass is 16.4. The van der Waals surface area contributed by atoms with Gasteiger partial charge in [-0.3, -0.25) is 4.79 Å². The number of Topliss-reactive ketones (excluding diaryl/α,β-unsaturated/α-hetero) is 1. The van der Waals surface area contributed by atoms with Crippen LogP contribution in [0.15, 0.2) is 15.3 Å². The van der Waals surface area contributed by atoms with Gasteiger partial charge in [-0.05, 0) is 12.0 Å². The van der Waals surface area contributed by atoms with Gasteiger partial charge >= 0.3 is 5.63 Å². The van der Waals surface area contributed by atoms with E-state index in [4.69, 9.17) is 10.2 Å². The Kier molecular flexibility index (Phi) is 1.91. The molecule has 74 valence electrons. The Labute approximate surface area is 80.7 Å². The summed E-state index contributed by atoms with van der Waals surface area (Å²) in [5, 5.41) is 0. The minimum atomic E-state index is -0.550. The summed E-state index contributed by atoms with van der Waals surface area (Å²) in [4.78, 5) is 22.6. The van der Waals surface area contributed by atoms with Gasteiger partial charge in [-0.15, -0.1) is 0 Å². The predicted molar refractivity (Wildman–Crippen MR) is 51.2 cm³/mol. The van der Waals surface area contributed by atoms with Gasteiger partial charge in [-0.1, -0.05) is 6.92 Å². The van der Waals surface area contributed by atoms with Crippen LogP contribution in [-0.4, -0.2) is 5.78 Å². The summed E-state index contributed by atoms with van der Waals surface area (Å²) >= 11 is 0. The largest absolute Gasteiger partial charge is 0.426 e. The highest BCUT2D eigenvalue weighted by Gasteiger charge is 2.25. The minimum Gasteiger partial charge on any atom is -0.426 e. The fraction of sp³-hybridized carbons (Fsp3) is 0.400. The summed E-state index contributed by atoms with van der Waals surface area (Å²) < 4.78 is 4.97. The van der Waals surface area contributed by atoms with Crippen LogP contribution in [0.4, 0.5) is 5.69 Å². The molecule has 1 aliphatic rings. The molecular weight excluding hydrogens is 182 g/mol. The second kappa shape index (κ2) is 2.97. The molecule has 0 spiro atoms. The molecule has 1 atom stereocenters. The van der Waals surface area contributed by atoms with Crippen LogP contribution < -0.4 is 11.4 Å². The van der Waals surface area contributed by atoms with Crippen LogP contribution in [0.1, 0.15) is 29.5 Å². The van der Waals surface area contributed by atoms with Gasteiger partial charge in [-0.2, -0.15) is 0 Å². The van der Waals surface area contributed by atoms with Crippen LogP contribution in [0.25, 0.3) is 0 Å². The number of nitrogens with two attached hydrogens (primary N) is 1. The predicted octanol–water partition coefficient (Wildman–Crippen LogP) is 0.987. The second-order valence-corrected chi connectivity index (χ2v) is 3.76. The first-order valence-corrected chi connectivity index (χ1v) is 4.53. The average molecular weight is 193 g/mol. The third-order valence-electron chi connectivity index (χ3n) is 2.42. The first-order chi connectivity index (χ1) is 6.58. The van der Waals surface area contributed by atoms with Crippen molar-refractivity contribution in [3.63, 3.8) is 0 Å². The number of carbonyl (C=O) groups is 1. The highest BCUT2D eigenvalue weighted by Crippen LogP contribution is 2.24. The fourth-order valence-electron chi connectivity index (χ4n) is 1.72. The van der Waals surface area contributed by atoms with Gasteiger partial charge in [0.05, 0.1) is 5.56 Å². The number of hydrogen-bond acceptors (Lipinski definition) is 4. The molecule has 0 fully saturated rings. The number of carbonyl (C=O) groups excluding carboxylic acids is 1. The smallest absolute Gasteiger partial charge is 0.359 e. The van der Waals surface area contributed by atoms with Gasteiger partial charge in [0.2, 0.25) is 0 Å². The quantitative estimate of drug-likeness (QED) is 0.666. The number of nitrogen functional groups attached to an aromatic ring is 1. The maximum atomic E-state index is 11.5. The topological polar surface area (TPSA) is 73.3 Å². The summed E-state index contributed by atoms with van der Waals surface area (Å²) in [7, 11) is 0. The Morgan fingerprint density at radius 1 is 1.43 bits per heavy atom. The Morgan fingerprint density at radius 3 is 2.86 bits per heavy atom. The number of anilines is 1. The summed E-state index contributed by atoms with van der Waals surface area (Å²) in [6.07, 6.45) is 1.14. The fourth-order valence-corrected chi connectivity index (χ4v) is 1.72. The molecule has 1 aromatic rings. The van der Waals surface area contributed by atoms with Gasteiger partial charge in [0.1, 0.15) is 11.4 Å². The standard InChI is InChI=1S/C10H11NO3/c1-5-2-8(12)6-4-7(11)10(13)14-9(6)3-5/h4-5H,2-3,11H2,1H3. The molecule has 1 aliphatic carbocycles. The number of rotatable bonds is 0. The van der Waals surface area contributed by atoms with Gasteiger partial charge in [0.25, 0.3) is 0 Å². The lowest BCUT2D eigenvalue weighted by atomic mass is 9.88. The van der Waals surface area contributed by atoms with E-state index in [2.05, 4.69) is 0 Å². The van der Waals surface area contributed by atoms with Crippen LogP contribution >= 0.6 is 0 Å². The summed E-state index contributed by atoms with van der Waals surface area (Å²) in [5.41, 5.74) is 5.31. The van der Waals surface area contributed by atoms with Crippen molar-refractivity contribution in [3.8, 4) is 0 Å². The SMILES string of the molecule is CC1CC(=O)c2cc(N)c(=O)oc2C1. The van der Waals surface area contributed by atoms with Crippen molar-refractivity contribution < 1.29 is 9.21 Å². The van der Waals surface area contributed by atoms with Crippen molar-refractivity contribution in [2.75, 3.05) is 5.73 Å². The molecule has 2 rings (SSSR count). The molecule has 1 aromatic heterocycles. The Morgan fingerprint density at radius 2 is 2.14 bits per heavy atom. The average Bonchev–Trinajstić information content (AvgIpc) is 2.08. The second-order valence-electron chi connectivity index (χ2n) is 3.76. The summed E-state index contributed by atoms with van der Waals surface area (Å²) in [6.45, 7) is 1.96. The third kappa shape index (κ3) is 1.32. The molecule has 14 heavy (non-hydrogen) atoms. The van der Waals surface area contributed by atoms with E-state index in [1.54, 1.807) is 0 Å². The van der Waals surface area contributed by atoms with E-state index in [0.29, 0.717) is 24.2 Å². The third-order valence-corrected chi connectivity index (χ3v) is 2.42. The molecule has 4 heteroatoms. The van der Waals surface area contributed by atoms with E-state index in [1.807, 2.05) is 6.92 Å². The molecule has 1 unspecified atom stereocenters. The van der Waals surface area contributed by atoms with Gasteiger partial charge in [0, 0.05) is 12.8 Å². The van der Waals surface area contributed by atoms with Crippen molar-refractivity contribution in [1.82, 2.24) is 0 Å². The minimum absolute atomic E-state index is 0.00616. The lowest BCUT2D eigenvalue weighted by Gasteiger charge is -2.18. The molecule has 0 aliphatic heterocycles. The van der Waals surface area contributed by atoms with Crippen LogP contribution in [0.5, 0.6) is 0 Å². The monoisotopic (exact) mass is 193 g/mol. The lowest BCUT2D eigenvalue weighted by Crippen LogP contribution is -2.21. The molecular formula is C10H11NO3. The number of fused-ring (bicyclic) bond motifs is 1. The van der Waals surface area contributed by atoms with Crippen LogP contribution in [0.3, 0.4) is 0 Å². The summed E-state index contributed by atoms with van der Waals surface area (Å²) in [6, 6.07) is 1.43. The zero-order chi connectivity index (χ0) is 10.3. The van der Waals surface area contributed by atoms with Crippen LogP contribution in [0.2, 0.25) is 0 Å². The Hall–Kier alpha value is -1.58. The molecule has 0 saturated carbocycles. The molecule has 2 N–H and O–H groups in total. The molecule has 0 aromatic carbocycles. The number of hydrogen-bond donors (Lipinski definition) is 1. The zero-order valence-electron chi connectivity index (χ0n) is 7.87. The van der Waals surface area contributed by atoms with Crippen molar-refractivity contribution in [1.29, 1.82) is 0 Å². The van der Waals surface area contributed by atoms with Crippen molar-refractivity contribution in [2.24, 2.45) is 5.92 Å². The van der Waals surface area contributed by atoms with Gasteiger partial charge in [-0.25, -0.2) is 4.79 Å². The van der Waals surface area contributed by atoms with Crippen molar-refractivity contribution in [3.05, 3.63) is 27.8 Å². The normalized spacial score (nSPS) is 20.6. The Balaban J connectivity index is 2.60. The molecule has 0 amide bonds. The van der Waals surface area contributed by atoms with Crippen LogP contribution in [0, 0.1) is 5.92 Å². The molecule has 0 bridgehead atoms. The number of ketones is 1. The first kappa shape index (κ1) is 8.99. The van der Waals surface area contributed by atoms with E-state index in [9.17, 15) is 9.59 Å². The summed E-state index contributed by atoms with van der Waals surface area (Å²) in [5.74, 6) is 0.726. The van der Waals surface area contributed by atoms with Crippen molar-refractivity contribution >= 4 is 11.5 Å². The first-order valence-electron chi connectivity index (χ1n) is 4.53. The van der Waals surface area contributed by atoms with E-state index < -0.39 is 5.63 Å². The van der Waals surface area contributed by atoms with Gasteiger partial charge in [0.15, 0.2) is 5.78 Å². The van der Waals surface area contributed by atoms with Crippen LogP contribution in [-0.2, 0) is 6.42 Å². The molecule has 0 radical (unpaired) electrons. The van der Waals surface area contributed by atoms with Gasteiger partial charge < -0.3 is 10.2 Å². The maximum Gasteiger partial charge on any atom is 0.359 e. The van der Waals surface area contributed by atoms with Crippen molar-refractivity contribution in [2.45, 2.75) is 19.8 Å². The zero-order valence-corrected chi connectivity index (χ0v) is 7.87. The van der Waals surface area contributed by atoms with E-state index in [0.717, 1.165) is 0 Å². The Bertz CT molecular complexity index is 447. The molecule has 0 saturated heterocycles. The highest BCUT2D eigenvalue weighted by molar-refractivity contribution is 5.98.